The lowest BCUT2D eigenvalue weighted by Crippen LogP contribution is -2.49. The SMILES string of the molecule is CNC(=O)NC(=O)[C@@H](C)N(CCOC)Cc1nnc(-c2cccs2)o1. The molecule has 2 rings (SSSR count). The van der Waals surface area contributed by atoms with Crippen LogP contribution in [-0.4, -0.2) is 60.4 Å². The molecule has 136 valence electrons. The summed E-state index contributed by atoms with van der Waals surface area (Å²) in [4.78, 5) is 26.2. The van der Waals surface area contributed by atoms with Crippen LogP contribution in [0.25, 0.3) is 10.8 Å². The maximum Gasteiger partial charge on any atom is 0.321 e. The zero-order chi connectivity index (χ0) is 18.2. The van der Waals surface area contributed by atoms with E-state index in [0.717, 1.165) is 4.88 Å². The highest BCUT2D eigenvalue weighted by molar-refractivity contribution is 7.13. The van der Waals surface area contributed by atoms with Gasteiger partial charge in [-0.3, -0.25) is 15.0 Å². The number of carbonyl (C=O) groups is 2. The van der Waals surface area contributed by atoms with E-state index < -0.39 is 18.0 Å². The van der Waals surface area contributed by atoms with E-state index in [0.29, 0.717) is 24.9 Å². The molecular weight excluding hydrogens is 346 g/mol. The van der Waals surface area contributed by atoms with Crippen LogP contribution in [0.3, 0.4) is 0 Å². The molecular formula is C15H21N5O4S. The van der Waals surface area contributed by atoms with E-state index in [1.807, 2.05) is 17.5 Å². The molecule has 0 saturated carbocycles. The third-order valence-electron chi connectivity index (χ3n) is 3.51. The smallest absolute Gasteiger partial charge is 0.321 e. The fourth-order valence-corrected chi connectivity index (χ4v) is 2.70. The van der Waals surface area contributed by atoms with E-state index >= 15 is 0 Å². The Labute approximate surface area is 149 Å². The van der Waals surface area contributed by atoms with Gasteiger partial charge in [0.1, 0.15) is 0 Å². The van der Waals surface area contributed by atoms with Gasteiger partial charge in [-0.2, -0.15) is 0 Å². The van der Waals surface area contributed by atoms with Crippen molar-refractivity contribution in [3.8, 4) is 10.8 Å². The molecule has 0 fully saturated rings. The van der Waals surface area contributed by atoms with Gasteiger partial charge in [-0.05, 0) is 18.4 Å². The Morgan fingerprint density at radius 3 is 2.88 bits per heavy atom. The molecule has 2 N–H and O–H groups in total. The minimum Gasteiger partial charge on any atom is -0.419 e. The largest absolute Gasteiger partial charge is 0.419 e. The normalized spacial score (nSPS) is 12.2. The van der Waals surface area contributed by atoms with Crippen molar-refractivity contribution in [2.45, 2.75) is 19.5 Å². The lowest BCUT2D eigenvalue weighted by atomic mass is 10.2. The molecule has 0 bridgehead atoms. The molecule has 0 aromatic carbocycles. The first-order valence-corrected chi connectivity index (χ1v) is 8.55. The van der Waals surface area contributed by atoms with Gasteiger partial charge in [0.25, 0.3) is 5.89 Å². The highest BCUT2D eigenvalue weighted by Crippen LogP contribution is 2.23. The molecule has 0 aliphatic rings. The summed E-state index contributed by atoms with van der Waals surface area (Å²) in [6.07, 6.45) is 0. The maximum absolute atomic E-state index is 12.2. The number of thiophene rings is 1. The predicted octanol–water partition coefficient (Wildman–Crippen LogP) is 1.09. The third kappa shape index (κ3) is 5.34. The minimum absolute atomic E-state index is 0.268. The number of carbonyl (C=O) groups excluding carboxylic acids is 2. The predicted molar refractivity (Wildman–Crippen MR) is 92.0 cm³/mol. The molecule has 2 aromatic rings. The first kappa shape index (κ1) is 19.0. The van der Waals surface area contributed by atoms with Gasteiger partial charge in [0.05, 0.1) is 24.1 Å². The number of aromatic nitrogens is 2. The summed E-state index contributed by atoms with van der Waals surface area (Å²) >= 11 is 1.50. The number of hydrogen-bond donors (Lipinski definition) is 2. The molecule has 0 aliphatic carbocycles. The van der Waals surface area contributed by atoms with E-state index in [4.69, 9.17) is 9.15 Å². The standard InChI is InChI=1S/C15H21N5O4S/c1-10(13(21)17-15(22)16-2)20(6-7-23-3)9-12-18-19-14(24-12)11-5-4-8-25-11/h4-5,8,10H,6-7,9H2,1-3H3,(H2,16,17,21,22)/t10-/m1/s1. The molecule has 0 unspecified atom stereocenters. The van der Waals surface area contributed by atoms with Crippen molar-refractivity contribution in [2.24, 2.45) is 0 Å². The van der Waals surface area contributed by atoms with E-state index in [2.05, 4.69) is 20.8 Å². The second kappa shape index (κ2) is 9.25. The van der Waals surface area contributed by atoms with Gasteiger partial charge in [-0.1, -0.05) is 6.07 Å². The fraction of sp³-hybridized carbons (Fsp3) is 0.467. The van der Waals surface area contributed by atoms with E-state index in [1.165, 1.54) is 18.4 Å². The Hall–Kier alpha value is -2.30. The highest BCUT2D eigenvalue weighted by Gasteiger charge is 2.24. The molecule has 0 aliphatic heterocycles. The maximum atomic E-state index is 12.2. The molecule has 0 spiro atoms. The molecule has 0 saturated heterocycles. The van der Waals surface area contributed by atoms with Crippen molar-refractivity contribution < 1.29 is 18.7 Å². The summed E-state index contributed by atoms with van der Waals surface area (Å²) in [5, 5.41) is 14.6. The van der Waals surface area contributed by atoms with Gasteiger partial charge >= 0.3 is 6.03 Å². The average molecular weight is 367 g/mol. The van der Waals surface area contributed by atoms with Gasteiger partial charge in [0, 0.05) is 20.7 Å². The molecule has 2 heterocycles. The zero-order valence-electron chi connectivity index (χ0n) is 14.3. The van der Waals surface area contributed by atoms with Gasteiger partial charge in [-0.25, -0.2) is 4.79 Å². The average Bonchev–Trinajstić information content (AvgIpc) is 3.28. The molecule has 3 amide bonds. The molecule has 1 atom stereocenters. The second-order valence-electron chi connectivity index (χ2n) is 5.19. The summed E-state index contributed by atoms with van der Waals surface area (Å²) in [5.41, 5.74) is 0. The summed E-state index contributed by atoms with van der Waals surface area (Å²) in [5.74, 6) is 0.409. The van der Waals surface area contributed by atoms with Crippen LogP contribution in [0.4, 0.5) is 4.79 Å². The lowest BCUT2D eigenvalue weighted by molar-refractivity contribution is -0.125. The van der Waals surface area contributed by atoms with Crippen LogP contribution in [0.1, 0.15) is 12.8 Å². The van der Waals surface area contributed by atoms with Crippen molar-refractivity contribution in [3.63, 3.8) is 0 Å². The first-order chi connectivity index (χ1) is 12.0. The number of methoxy groups -OCH3 is 1. The molecule has 10 heteroatoms. The molecule has 0 radical (unpaired) electrons. The summed E-state index contributed by atoms with van der Waals surface area (Å²) < 4.78 is 10.8. The number of nitrogens with one attached hydrogen (secondary N) is 2. The van der Waals surface area contributed by atoms with Crippen molar-refractivity contribution >= 4 is 23.3 Å². The quantitative estimate of drug-likeness (QED) is 0.719. The number of urea groups is 1. The Morgan fingerprint density at radius 2 is 2.24 bits per heavy atom. The van der Waals surface area contributed by atoms with Crippen molar-refractivity contribution in [2.75, 3.05) is 27.3 Å². The summed E-state index contributed by atoms with van der Waals surface area (Å²) in [7, 11) is 3.02. The third-order valence-corrected chi connectivity index (χ3v) is 4.37. The number of amides is 3. The molecule has 9 nitrogen and oxygen atoms in total. The van der Waals surface area contributed by atoms with Crippen molar-refractivity contribution in [3.05, 3.63) is 23.4 Å². The Kier molecular flexibility index (Phi) is 7.04. The van der Waals surface area contributed by atoms with Crippen LogP contribution in [-0.2, 0) is 16.1 Å². The zero-order valence-corrected chi connectivity index (χ0v) is 15.1. The van der Waals surface area contributed by atoms with Crippen LogP contribution in [0, 0.1) is 0 Å². The van der Waals surface area contributed by atoms with Gasteiger partial charge in [-0.15, -0.1) is 21.5 Å². The summed E-state index contributed by atoms with van der Waals surface area (Å²) in [6.45, 7) is 2.85. The van der Waals surface area contributed by atoms with Crippen LogP contribution in [0.2, 0.25) is 0 Å². The van der Waals surface area contributed by atoms with E-state index in [1.54, 1.807) is 18.9 Å². The van der Waals surface area contributed by atoms with Crippen LogP contribution < -0.4 is 10.6 Å². The Balaban J connectivity index is 2.06. The summed E-state index contributed by atoms with van der Waals surface area (Å²) in [6, 6.07) is 2.66. The fourth-order valence-electron chi connectivity index (χ4n) is 2.05. The monoisotopic (exact) mass is 367 g/mol. The molecule has 25 heavy (non-hydrogen) atoms. The second-order valence-corrected chi connectivity index (χ2v) is 6.13. The number of nitrogens with zero attached hydrogens (tertiary/aromatic N) is 3. The van der Waals surface area contributed by atoms with E-state index in [-0.39, 0.29) is 6.54 Å². The Morgan fingerprint density at radius 1 is 1.44 bits per heavy atom. The molecule has 2 aromatic heterocycles. The van der Waals surface area contributed by atoms with Crippen molar-refractivity contribution in [1.82, 2.24) is 25.7 Å². The van der Waals surface area contributed by atoms with Crippen LogP contribution >= 0.6 is 11.3 Å². The van der Waals surface area contributed by atoms with Gasteiger partial charge in [0.2, 0.25) is 11.8 Å². The number of ether oxygens (including phenoxy) is 1. The number of rotatable bonds is 8. The van der Waals surface area contributed by atoms with Crippen LogP contribution in [0.15, 0.2) is 21.9 Å². The first-order valence-electron chi connectivity index (χ1n) is 7.67. The minimum atomic E-state index is -0.579. The van der Waals surface area contributed by atoms with E-state index in [9.17, 15) is 9.59 Å². The van der Waals surface area contributed by atoms with Gasteiger partial charge in [0.15, 0.2) is 0 Å². The van der Waals surface area contributed by atoms with Crippen LogP contribution in [0.5, 0.6) is 0 Å². The number of imide groups is 1. The lowest BCUT2D eigenvalue weighted by Gasteiger charge is -2.26. The van der Waals surface area contributed by atoms with Crippen molar-refractivity contribution in [1.29, 1.82) is 0 Å². The number of hydrogen-bond acceptors (Lipinski definition) is 8. The Bertz CT molecular complexity index is 688. The highest BCUT2D eigenvalue weighted by atomic mass is 32.1. The van der Waals surface area contributed by atoms with Gasteiger partial charge < -0.3 is 14.5 Å². The topological polar surface area (TPSA) is 110 Å².